The van der Waals surface area contributed by atoms with Crippen LogP contribution in [-0.4, -0.2) is 15.0 Å². The van der Waals surface area contributed by atoms with Gasteiger partial charge in [-0.3, -0.25) is 0 Å². The standard InChI is InChI=1S/C30H37N4/c1-18-15-19(2)20(3)22(16-18)25-23(17-21-13-11-12-14-24(21)34(25)10)26-31-27(29(4,5)6)33-28(32-26)30(7,8)9/h11-17H,1-10H3/q+1. The van der Waals surface area contributed by atoms with Gasteiger partial charge in [0.1, 0.15) is 18.7 Å². The summed E-state index contributed by atoms with van der Waals surface area (Å²) in [5.41, 5.74) is 8.01. The molecule has 176 valence electrons. The van der Waals surface area contributed by atoms with E-state index in [1.807, 2.05) is 0 Å². The normalized spacial score (nSPS) is 12.4. The minimum Gasteiger partial charge on any atom is -0.217 e. The molecule has 2 aromatic carbocycles. The molecular weight excluding hydrogens is 416 g/mol. The largest absolute Gasteiger partial charge is 0.224 e. The molecule has 4 rings (SSSR count). The van der Waals surface area contributed by atoms with Gasteiger partial charge in [0.2, 0.25) is 11.2 Å². The number of aromatic nitrogens is 4. The second-order valence-electron chi connectivity index (χ2n) is 11.6. The Morgan fingerprint density at radius 2 is 1.29 bits per heavy atom. The number of hydrogen-bond acceptors (Lipinski definition) is 3. The van der Waals surface area contributed by atoms with Gasteiger partial charge in [0, 0.05) is 22.3 Å². The molecule has 0 bridgehead atoms. The molecule has 0 fully saturated rings. The van der Waals surface area contributed by atoms with E-state index in [-0.39, 0.29) is 10.8 Å². The molecule has 0 saturated carbocycles. The topological polar surface area (TPSA) is 42.6 Å². The zero-order chi connectivity index (χ0) is 25.0. The summed E-state index contributed by atoms with van der Waals surface area (Å²) in [5.74, 6) is 2.38. The highest BCUT2D eigenvalue weighted by molar-refractivity contribution is 5.87. The Labute approximate surface area is 204 Å². The van der Waals surface area contributed by atoms with Crippen LogP contribution in [0.1, 0.15) is 69.9 Å². The van der Waals surface area contributed by atoms with E-state index >= 15 is 0 Å². The number of hydrogen-bond donors (Lipinski definition) is 0. The number of pyridine rings is 1. The molecular formula is C30H37N4+. The number of para-hydroxylation sites is 1. The first-order chi connectivity index (χ1) is 15.8. The maximum Gasteiger partial charge on any atom is 0.224 e. The van der Waals surface area contributed by atoms with Gasteiger partial charge in [0.25, 0.3) is 0 Å². The monoisotopic (exact) mass is 453 g/mol. The van der Waals surface area contributed by atoms with Crippen molar-refractivity contribution in [3.05, 3.63) is 70.8 Å². The summed E-state index contributed by atoms with van der Waals surface area (Å²) in [4.78, 5) is 15.0. The van der Waals surface area contributed by atoms with E-state index in [0.29, 0.717) is 0 Å². The van der Waals surface area contributed by atoms with Crippen LogP contribution in [-0.2, 0) is 17.9 Å². The summed E-state index contributed by atoms with van der Waals surface area (Å²) in [6.45, 7) is 19.5. The van der Waals surface area contributed by atoms with E-state index in [4.69, 9.17) is 15.0 Å². The quantitative estimate of drug-likeness (QED) is 0.317. The Morgan fingerprint density at radius 1 is 0.706 bits per heavy atom. The van der Waals surface area contributed by atoms with Crippen LogP contribution in [0.15, 0.2) is 42.5 Å². The van der Waals surface area contributed by atoms with E-state index in [0.717, 1.165) is 28.7 Å². The molecule has 0 amide bonds. The number of rotatable bonds is 2. The van der Waals surface area contributed by atoms with Crippen molar-refractivity contribution in [1.29, 1.82) is 0 Å². The molecule has 4 nitrogen and oxygen atoms in total. The van der Waals surface area contributed by atoms with Gasteiger partial charge in [0.05, 0.1) is 11.1 Å². The summed E-state index contributed by atoms with van der Waals surface area (Å²) in [6.07, 6.45) is 0. The summed E-state index contributed by atoms with van der Waals surface area (Å²) in [5, 5.41) is 1.17. The van der Waals surface area contributed by atoms with Crippen molar-refractivity contribution < 1.29 is 4.57 Å². The molecule has 0 spiro atoms. The summed E-state index contributed by atoms with van der Waals surface area (Å²) >= 11 is 0. The third-order valence-corrected chi connectivity index (χ3v) is 6.47. The van der Waals surface area contributed by atoms with Crippen molar-refractivity contribution in [2.24, 2.45) is 7.05 Å². The first-order valence-electron chi connectivity index (χ1n) is 12.0. The first-order valence-corrected chi connectivity index (χ1v) is 12.0. The van der Waals surface area contributed by atoms with E-state index in [9.17, 15) is 0 Å². The fourth-order valence-corrected chi connectivity index (χ4v) is 4.39. The van der Waals surface area contributed by atoms with Crippen LogP contribution in [0, 0.1) is 20.8 Å². The molecule has 4 heteroatoms. The first kappa shape index (κ1) is 24.0. The van der Waals surface area contributed by atoms with Crippen molar-refractivity contribution in [3.8, 4) is 22.6 Å². The van der Waals surface area contributed by atoms with Crippen molar-refractivity contribution in [3.63, 3.8) is 0 Å². The van der Waals surface area contributed by atoms with Gasteiger partial charge in [0.15, 0.2) is 5.82 Å². The fourth-order valence-electron chi connectivity index (χ4n) is 4.39. The number of nitrogens with zero attached hydrogens (tertiary/aromatic N) is 4. The average Bonchev–Trinajstić information content (AvgIpc) is 2.75. The minimum atomic E-state index is -0.188. The summed E-state index contributed by atoms with van der Waals surface area (Å²) < 4.78 is 2.29. The van der Waals surface area contributed by atoms with E-state index < -0.39 is 0 Å². The van der Waals surface area contributed by atoms with Gasteiger partial charge < -0.3 is 0 Å². The third-order valence-electron chi connectivity index (χ3n) is 6.47. The lowest BCUT2D eigenvalue weighted by Gasteiger charge is -2.23. The number of aryl methyl sites for hydroxylation is 3. The Bertz CT molecular complexity index is 1370. The van der Waals surface area contributed by atoms with Crippen molar-refractivity contribution in [2.45, 2.75) is 73.1 Å². The van der Waals surface area contributed by atoms with Crippen LogP contribution in [0.5, 0.6) is 0 Å². The predicted octanol–water partition coefficient (Wildman–Crippen LogP) is 6.70. The second-order valence-corrected chi connectivity index (χ2v) is 11.6. The molecule has 0 saturated heterocycles. The van der Waals surface area contributed by atoms with Crippen LogP contribution in [0.3, 0.4) is 0 Å². The Balaban J connectivity index is 2.17. The van der Waals surface area contributed by atoms with Crippen molar-refractivity contribution in [2.75, 3.05) is 0 Å². The minimum absolute atomic E-state index is 0.188. The SMILES string of the molecule is Cc1cc(C)c(C)c(-c2c(-c3nc(C(C)(C)C)nc(C(C)(C)C)n3)cc3ccccc3[n+]2C)c1. The zero-order valence-electron chi connectivity index (χ0n) is 22.3. The van der Waals surface area contributed by atoms with Gasteiger partial charge in [-0.15, -0.1) is 0 Å². The van der Waals surface area contributed by atoms with E-state index in [2.05, 4.69) is 116 Å². The van der Waals surface area contributed by atoms with Crippen molar-refractivity contribution >= 4 is 10.9 Å². The van der Waals surface area contributed by atoms with Crippen LogP contribution in [0.25, 0.3) is 33.5 Å². The summed E-state index contributed by atoms with van der Waals surface area (Å²) in [7, 11) is 2.15. The van der Waals surface area contributed by atoms with Gasteiger partial charge in [-0.25, -0.2) is 15.0 Å². The van der Waals surface area contributed by atoms with Gasteiger partial charge >= 0.3 is 0 Å². The molecule has 0 aliphatic heterocycles. The molecule has 0 unspecified atom stereocenters. The molecule has 34 heavy (non-hydrogen) atoms. The van der Waals surface area contributed by atoms with Gasteiger partial charge in [-0.2, -0.15) is 4.57 Å². The highest BCUT2D eigenvalue weighted by Gasteiger charge is 2.29. The molecule has 0 radical (unpaired) electrons. The van der Waals surface area contributed by atoms with Crippen LogP contribution in [0.4, 0.5) is 0 Å². The van der Waals surface area contributed by atoms with Gasteiger partial charge in [-0.1, -0.05) is 65.3 Å². The average molecular weight is 454 g/mol. The lowest BCUT2D eigenvalue weighted by molar-refractivity contribution is -0.633. The fraction of sp³-hybridized carbons (Fsp3) is 0.400. The maximum atomic E-state index is 5.06. The third kappa shape index (κ3) is 4.34. The molecule has 0 aliphatic rings. The van der Waals surface area contributed by atoms with Crippen LogP contribution in [0.2, 0.25) is 0 Å². The van der Waals surface area contributed by atoms with E-state index in [1.54, 1.807) is 0 Å². The Hall–Kier alpha value is -3.14. The Kier molecular flexibility index (Phi) is 5.83. The highest BCUT2D eigenvalue weighted by atomic mass is 15.1. The number of benzene rings is 2. The predicted molar refractivity (Wildman–Crippen MR) is 141 cm³/mol. The Morgan fingerprint density at radius 3 is 1.88 bits per heavy atom. The molecule has 0 atom stereocenters. The van der Waals surface area contributed by atoms with Crippen molar-refractivity contribution in [1.82, 2.24) is 15.0 Å². The molecule has 2 aromatic heterocycles. The molecule has 0 aliphatic carbocycles. The zero-order valence-corrected chi connectivity index (χ0v) is 22.3. The molecule has 0 N–H and O–H groups in total. The number of fused-ring (bicyclic) bond motifs is 1. The van der Waals surface area contributed by atoms with Crippen LogP contribution < -0.4 is 4.57 Å². The second kappa shape index (κ2) is 8.26. The highest BCUT2D eigenvalue weighted by Crippen LogP contribution is 2.35. The maximum absolute atomic E-state index is 5.06. The lowest BCUT2D eigenvalue weighted by atomic mass is 9.92. The lowest BCUT2D eigenvalue weighted by Crippen LogP contribution is -2.33. The van der Waals surface area contributed by atoms with Crippen LogP contribution >= 0.6 is 0 Å². The van der Waals surface area contributed by atoms with Gasteiger partial charge in [-0.05, 0) is 50.1 Å². The molecule has 2 heterocycles. The molecule has 4 aromatic rings. The summed E-state index contributed by atoms with van der Waals surface area (Å²) in [6, 6.07) is 15.3. The smallest absolute Gasteiger partial charge is 0.217 e. The van der Waals surface area contributed by atoms with E-state index in [1.165, 1.54) is 33.2 Å².